The summed E-state index contributed by atoms with van der Waals surface area (Å²) in [6.07, 6.45) is 3.50. The molecule has 0 aliphatic heterocycles. The van der Waals surface area contributed by atoms with Crippen molar-refractivity contribution < 1.29 is 0 Å². The molecule has 4 heteroatoms. The van der Waals surface area contributed by atoms with Gasteiger partial charge in [-0.15, -0.1) is 0 Å². The molecule has 3 N–H and O–H groups in total. The van der Waals surface area contributed by atoms with E-state index in [1.54, 1.807) is 12.4 Å². The number of nitriles is 1. The van der Waals surface area contributed by atoms with Gasteiger partial charge in [0.05, 0.1) is 22.6 Å². The maximum absolute atomic E-state index is 9.29. The SMILES string of the molecule is Cc1cccc(Nc2ccc3cnccc3c2N)c1C#N. The highest BCUT2D eigenvalue weighted by atomic mass is 14.9. The molecule has 3 rings (SSSR count). The number of nitrogen functional groups attached to an aromatic ring is 1. The number of aryl methyl sites for hydroxylation is 1. The van der Waals surface area contributed by atoms with E-state index in [9.17, 15) is 5.26 Å². The van der Waals surface area contributed by atoms with E-state index >= 15 is 0 Å². The van der Waals surface area contributed by atoms with Gasteiger partial charge in [-0.1, -0.05) is 18.2 Å². The lowest BCUT2D eigenvalue weighted by Gasteiger charge is -2.13. The van der Waals surface area contributed by atoms with E-state index in [4.69, 9.17) is 5.73 Å². The number of nitrogens with two attached hydrogens (primary N) is 1. The average molecular weight is 274 g/mol. The quantitative estimate of drug-likeness (QED) is 0.698. The van der Waals surface area contributed by atoms with Gasteiger partial charge in [0.2, 0.25) is 0 Å². The molecule has 0 fully saturated rings. The Bertz CT molecular complexity index is 862. The highest BCUT2D eigenvalue weighted by Crippen LogP contribution is 2.31. The molecule has 0 saturated heterocycles. The third-order valence-electron chi connectivity index (χ3n) is 3.52. The number of fused-ring (bicyclic) bond motifs is 1. The van der Waals surface area contributed by atoms with Crippen LogP contribution in [-0.2, 0) is 0 Å². The summed E-state index contributed by atoms with van der Waals surface area (Å²) in [5, 5.41) is 14.5. The zero-order chi connectivity index (χ0) is 14.8. The summed E-state index contributed by atoms with van der Waals surface area (Å²) < 4.78 is 0. The molecule has 0 unspecified atom stereocenters. The number of pyridine rings is 1. The first-order chi connectivity index (χ1) is 10.2. The Labute approximate surface area is 122 Å². The van der Waals surface area contributed by atoms with Crippen LogP contribution in [-0.4, -0.2) is 4.98 Å². The van der Waals surface area contributed by atoms with Gasteiger partial charge in [-0.05, 0) is 30.7 Å². The van der Waals surface area contributed by atoms with Gasteiger partial charge >= 0.3 is 0 Å². The van der Waals surface area contributed by atoms with Gasteiger partial charge < -0.3 is 11.1 Å². The van der Waals surface area contributed by atoms with Crippen molar-refractivity contribution in [3.05, 3.63) is 59.9 Å². The monoisotopic (exact) mass is 274 g/mol. The zero-order valence-electron chi connectivity index (χ0n) is 11.6. The van der Waals surface area contributed by atoms with Crippen LogP contribution in [0, 0.1) is 18.3 Å². The van der Waals surface area contributed by atoms with Crippen LogP contribution in [0.2, 0.25) is 0 Å². The number of nitrogens with zero attached hydrogens (tertiary/aromatic N) is 2. The molecule has 0 aliphatic rings. The van der Waals surface area contributed by atoms with E-state index in [0.717, 1.165) is 27.7 Å². The number of hydrogen-bond acceptors (Lipinski definition) is 4. The third kappa shape index (κ3) is 2.26. The van der Waals surface area contributed by atoms with E-state index in [1.165, 1.54) is 0 Å². The normalized spacial score (nSPS) is 10.3. The second-order valence-corrected chi connectivity index (χ2v) is 4.86. The van der Waals surface area contributed by atoms with E-state index in [1.807, 2.05) is 43.3 Å². The van der Waals surface area contributed by atoms with Crippen molar-refractivity contribution in [2.45, 2.75) is 6.92 Å². The number of benzene rings is 2. The smallest absolute Gasteiger partial charge is 0.102 e. The van der Waals surface area contributed by atoms with Gasteiger partial charge in [0.15, 0.2) is 0 Å². The summed E-state index contributed by atoms with van der Waals surface area (Å²) in [6, 6.07) is 13.7. The first-order valence-electron chi connectivity index (χ1n) is 6.59. The maximum Gasteiger partial charge on any atom is 0.102 e. The lowest BCUT2D eigenvalue weighted by atomic mass is 10.1. The van der Waals surface area contributed by atoms with Gasteiger partial charge in [0.1, 0.15) is 6.07 Å². The van der Waals surface area contributed by atoms with Gasteiger partial charge in [-0.2, -0.15) is 5.26 Å². The summed E-state index contributed by atoms with van der Waals surface area (Å²) in [5.74, 6) is 0. The van der Waals surface area contributed by atoms with Crippen LogP contribution in [0.25, 0.3) is 10.8 Å². The Morgan fingerprint density at radius 2 is 2.00 bits per heavy atom. The number of hydrogen-bond donors (Lipinski definition) is 2. The van der Waals surface area contributed by atoms with Crippen molar-refractivity contribution >= 4 is 27.8 Å². The molecule has 0 aliphatic carbocycles. The number of rotatable bonds is 2. The average Bonchev–Trinajstić information content (AvgIpc) is 2.50. The van der Waals surface area contributed by atoms with E-state index < -0.39 is 0 Å². The summed E-state index contributed by atoms with van der Waals surface area (Å²) in [5.41, 5.74) is 9.99. The van der Waals surface area contributed by atoms with E-state index in [0.29, 0.717) is 11.3 Å². The molecule has 102 valence electrons. The summed E-state index contributed by atoms with van der Waals surface area (Å²) in [4.78, 5) is 4.09. The molecule has 0 atom stereocenters. The van der Waals surface area contributed by atoms with Crippen LogP contribution >= 0.6 is 0 Å². The molecule has 1 aromatic heterocycles. The molecule has 2 aromatic carbocycles. The van der Waals surface area contributed by atoms with Gasteiger partial charge in [-0.3, -0.25) is 4.98 Å². The van der Waals surface area contributed by atoms with Crippen LogP contribution in [0.4, 0.5) is 17.1 Å². The molecule has 3 aromatic rings. The first-order valence-corrected chi connectivity index (χ1v) is 6.59. The highest BCUT2D eigenvalue weighted by Gasteiger charge is 2.08. The van der Waals surface area contributed by atoms with Crippen LogP contribution in [0.15, 0.2) is 48.8 Å². The van der Waals surface area contributed by atoms with Gasteiger partial charge in [0.25, 0.3) is 0 Å². The van der Waals surface area contributed by atoms with Gasteiger partial charge in [-0.25, -0.2) is 0 Å². The lowest BCUT2D eigenvalue weighted by Crippen LogP contribution is -2.00. The molecule has 21 heavy (non-hydrogen) atoms. The van der Waals surface area contributed by atoms with Crippen molar-refractivity contribution in [1.82, 2.24) is 4.98 Å². The minimum Gasteiger partial charge on any atom is -0.397 e. The Hall–Kier alpha value is -3.06. The predicted molar refractivity (Wildman–Crippen MR) is 85.3 cm³/mol. The molecular formula is C17H14N4. The molecule has 0 spiro atoms. The fraction of sp³-hybridized carbons (Fsp3) is 0.0588. The standard InChI is InChI=1S/C17H14N4/c1-11-3-2-4-15(14(11)9-18)21-16-6-5-12-10-20-8-7-13(12)17(16)19/h2-8,10,21H,19H2,1H3. The summed E-state index contributed by atoms with van der Waals surface area (Å²) in [7, 11) is 0. The first kappa shape index (κ1) is 12.9. The molecule has 1 heterocycles. The fourth-order valence-corrected chi connectivity index (χ4v) is 2.37. The van der Waals surface area contributed by atoms with Crippen LogP contribution in [0.3, 0.4) is 0 Å². The Morgan fingerprint density at radius 1 is 1.14 bits per heavy atom. The minimum absolute atomic E-state index is 0.631. The Balaban J connectivity index is 2.09. The van der Waals surface area contributed by atoms with Crippen LogP contribution in [0.1, 0.15) is 11.1 Å². The molecular weight excluding hydrogens is 260 g/mol. The summed E-state index contributed by atoms with van der Waals surface area (Å²) >= 11 is 0. The molecule has 4 nitrogen and oxygen atoms in total. The van der Waals surface area contributed by atoms with Gasteiger partial charge in [0, 0.05) is 23.2 Å². The molecule has 0 amide bonds. The zero-order valence-corrected chi connectivity index (χ0v) is 11.6. The third-order valence-corrected chi connectivity index (χ3v) is 3.52. The van der Waals surface area contributed by atoms with E-state index in [2.05, 4.69) is 16.4 Å². The largest absolute Gasteiger partial charge is 0.397 e. The second kappa shape index (κ2) is 5.14. The molecule has 0 saturated carbocycles. The second-order valence-electron chi connectivity index (χ2n) is 4.86. The Kier molecular flexibility index (Phi) is 3.17. The maximum atomic E-state index is 9.29. The number of aromatic nitrogens is 1. The number of nitrogens with one attached hydrogen (secondary N) is 1. The minimum atomic E-state index is 0.631. The molecule has 0 bridgehead atoms. The van der Waals surface area contributed by atoms with Crippen molar-refractivity contribution in [2.24, 2.45) is 0 Å². The predicted octanol–water partition coefficient (Wildman–Crippen LogP) is 3.74. The van der Waals surface area contributed by atoms with Crippen LogP contribution < -0.4 is 11.1 Å². The topological polar surface area (TPSA) is 74.7 Å². The van der Waals surface area contributed by atoms with Crippen molar-refractivity contribution in [1.29, 1.82) is 5.26 Å². The van der Waals surface area contributed by atoms with Crippen molar-refractivity contribution in [3.8, 4) is 6.07 Å². The number of anilines is 3. The molecule has 0 radical (unpaired) electrons. The van der Waals surface area contributed by atoms with Crippen molar-refractivity contribution in [2.75, 3.05) is 11.1 Å². The van der Waals surface area contributed by atoms with E-state index in [-0.39, 0.29) is 0 Å². The Morgan fingerprint density at radius 3 is 2.81 bits per heavy atom. The fourth-order valence-electron chi connectivity index (χ4n) is 2.37. The lowest BCUT2D eigenvalue weighted by molar-refractivity contribution is 1.36. The highest BCUT2D eigenvalue weighted by molar-refractivity contribution is 5.99. The summed E-state index contributed by atoms with van der Waals surface area (Å²) in [6.45, 7) is 1.92. The van der Waals surface area contributed by atoms with Crippen LogP contribution in [0.5, 0.6) is 0 Å². The van der Waals surface area contributed by atoms with Crippen molar-refractivity contribution in [3.63, 3.8) is 0 Å².